The average Bonchev–Trinajstić information content (AvgIpc) is 3.19. The number of hydrogen-bond acceptors (Lipinski definition) is 5. The van der Waals surface area contributed by atoms with Crippen LogP contribution in [0.1, 0.15) is 77.2 Å². The lowest BCUT2D eigenvalue weighted by atomic mass is 9.94. The van der Waals surface area contributed by atoms with Crippen LogP contribution >= 0.6 is 0 Å². The Morgan fingerprint density at radius 2 is 1.84 bits per heavy atom. The molecule has 174 valence electrons. The van der Waals surface area contributed by atoms with Gasteiger partial charge in [-0.05, 0) is 57.7 Å². The smallest absolute Gasteiger partial charge is 0.322 e. The van der Waals surface area contributed by atoms with Gasteiger partial charge in [-0.3, -0.25) is 14.5 Å². The zero-order chi connectivity index (χ0) is 22.5. The minimum atomic E-state index is -1.01. The summed E-state index contributed by atoms with van der Waals surface area (Å²) in [6.07, 6.45) is 12.7. The Hall–Kier alpha value is -2.41. The first-order valence-corrected chi connectivity index (χ1v) is 12.3. The van der Waals surface area contributed by atoms with Crippen molar-refractivity contribution >= 4 is 22.8 Å². The van der Waals surface area contributed by atoms with E-state index in [1.807, 2.05) is 28.8 Å². The molecule has 0 radical (unpaired) electrons. The Morgan fingerprint density at radius 1 is 1.12 bits per heavy atom. The topological polar surface area (TPSA) is 87.5 Å². The van der Waals surface area contributed by atoms with E-state index in [1.54, 1.807) is 0 Å². The molecule has 0 amide bonds. The van der Waals surface area contributed by atoms with Crippen molar-refractivity contribution in [3.63, 3.8) is 0 Å². The minimum Gasteiger partial charge on any atom is -0.480 e. The molecule has 7 heteroatoms. The van der Waals surface area contributed by atoms with E-state index in [0.29, 0.717) is 17.6 Å². The summed E-state index contributed by atoms with van der Waals surface area (Å²) in [5.41, 5.74) is 1.27. The summed E-state index contributed by atoms with van der Waals surface area (Å²) >= 11 is 0. The predicted molar refractivity (Wildman–Crippen MR) is 127 cm³/mol. The fourth-order valence-corrected chi connectivity index (χ4v) is 5.72. The fourth-order valence-electron chi connectivity index (χ4n) is 5.72. The lowest BCUT2D eigenvalue weighted by molar-refractivity contribution is -0.134. The first kappa shape index (κ1) is 22.8. The largest absolute Gasteiger partial charge is 0.480 e. The second-order valence-electron chi connectivity index (χ2n) is 9.49. The van der Waals surface area contributed by atoms with E-state index in [1.165, 1.54) is 64.3 Å². The Bertz CT molecular complexity index is 981. The van der Waals surface area contributed by atoms with E-state index in [-0.39, 0.29) is 24.0 Å². The molecular formula is C25H36N4O3. The fraction of sp³-hybridized carbons (Fsp3) is 0.640. The first-order chi connectivity index (χ1) is 15.5. The standard InChI is InChI=1S/C25H36N4O3/c1-18(16-20-12-9-15-28(20)19-10-5-3-2-4-6-11-19)29-22-14-8-7-13-21(22)27-24(25(29)32)26-17-23(30)31/h7-8,13-14,18-20H,2-6,9-12,15-17H2,1H3,(H,26,27)(H,30,31)/t18-,20+/m1/s1. The van der Waals surface area contributed by atoms with Crippen LogP contribution in [-0.2, 0) is 4.79 Å². The molecule has 1 aromatic heterocycles. The number of nitrogens with zero attached hydrogens (tertiary/aromatic N) is 3. The first-order valence-electron chi connectivity index (χ1n) is 12.3. The van der Waals surface area contributed by atoms with Gasteiger partial charge < -0.3 is 15.0 Å². The van der Waals surface area contributed by atoms with Gasteiger partial charge in [0.2, 0.25) is 0 Å². The van der Waals surface area contributed by atoms with Gasteiger partial charge in [-0.25, -0.2) is 4.98 Å². The maximum absolute atomic E-state index is 13.3. The van der Waals surface area contributed by atoms with Crippen LogP contribution < -0.4 is 10.9 Å². The number of carboxylic acid groups (broad SMARTS) is 1. The molecule has 2 fully saturated rings. The quantitative estimate of drug-likeness (QED) is 0.663. The number of aromatic nitrogens is 2. The van der Waals surface area contributed by atoms with Gasteiger partial charge >= 0.3 is 5.97 Å². The molecule has 0 unspecified atom stereocenters. The van der Waals surface area contributed by atoms with E-state index in [2.05, 4.69) is 22.1 Å². The van der Waals surface area contributed by atoms with Gasteiger partial charge in [0.15, 0.2) is 5.82 Å². The molecule has 2 N–H and O–H groups in total. The summed E-state index contributed by atoms with van der Waals surface area (Å²) in [5.74, 6) is -0.902. The predicted octanol–water partition coefficient (Wildman–Crippen LogP) is 4.42. The van der Waals surface area contributed by atoms with E-state index in [9.17, 15) is 9.59 Å². The third kappa shape index (κ3) is 5.14. The van der Waals surface area contributed by atoms with Gasteiger partial charge in [-0.2, -0.15) is 0 Å². The van der Waals surface area contributed by atoms with E-state index < -0.39 is 5.97 Å². The van der Waals surface area contributed by atoms with Gasteiger partial charge in [0.25, 0.3) is 5.56 Å². The highest BCUT2D eigenvalue weighted by Gasteiger charge is 2.32. The minimum absolute atomic E-state index is 0.0000612. The molecule has 0 spiro atoms. The SMILES string of the molecule is C[C@H](C[C@@H]1CCCN1C1CCCCCCC1)n1c(=O)c(NCC(=O)O)nc2ccccc21. The molecule has 0 bridgehead atoms. The Morgan fingerprint density at radius 3 is 2.59 bits per heavy atom. The maximum atomic E-state index is 13.3. The molecule has 2 atom stereocenters. The van der Waals surface area contributed by atoms with Crippen molar-refractivity contribution in [3.8, 4) is 0 Å². The number of benzene rings is 1. The maximum Gasteiger partial charge on any atom is 0.322 e. The number of carboxylic acids is 1. The number of nitrogens with one attached hydrogen (secondary N) is 1. The number of likely N-dealkylation sites (tertiary alicyclic amines) is 1. The van der Waals surface area contributed by atoms with Crippen molar-refractivity contribution in [1.29, 1.82) is 0 Å². The van der Waals surface area contributed by atoms with Gasteiger partial charge in [0, 0.05) is 18.1 Å². The molecule has 1 aliphatic heterocycles. The van der Waals surface area contributed by atoms with Crippen LogP contribution in [0.25, 0.3) is 11.0 Å². The molecule has 7 nitrogen and oxygen atoms in total. The Kier molecular flexibility index (Phi) is 7.45. The zero-order valence-corrected chi connectivity index (χ0v) is 19.1. The normalized spacial score (nSPS) is 21.8. The second kappa shape index (κ2) is 10.5. The van der Waals surface area contributed by atoms with Crippen LogP contribution in [0.4, 0.5) is 5.82 Å². The van der Waals surface area contributed by atoms with Crippen molar-refractivity contribution in [1.82, 2.24) is 14.5 Å². The molecule has 1 aliphatic carbocycles. The Labute approximate surface area is 189 Å². The van der Waals surface area contributed by atoms with E-state index in [4.69, 9.17) is 5.11 Å². The number of hydrogen-bond donors (Lipinski definition) is 2. The summed E-state index contributed by atoms with van der Waals surface area (Å²) in [6.45, 7) is 2.95. The van der Waals surface area contributed by atoms with Crippen molar-refractivity contribution in [2.45, 2.75) is 89.3 Å². The average molecular weight is 441 g/mol. The molecule has 2 aromatic rings. The van der Waals surface area contributed by atoms with E-state index >= 15 is 0 Å². The zero-order valence-electron chi connectivity index (χ0n) is 19.1. The number of rotatable bonds is 7. The summed E-state index contributed by atoms with van der Waals surface area (Å²) in [7, 11) is 0. The second-order valence-corrected chi connectivity index (χ2v) is 9.49. The van der Waals surface area contributed by atoms with Crippen molar-refractivity contribution in [2.75, 3.05) is 18.4 Å². The van der Waals surface area contributed by atoms with Crippen LogP contribution in [0.15, 0.2) is 29.1 Å². The number of para-hydroxylation sites is 2. The van der Waals surface area contributed by atoms with E-state index in [0.717, 1.165) is 11.9 Å². The molecule has 2 heterocycles. The van der Waals surface area contributed by atoms with Crippen LogP contribution in [0.5, 0.6) is 0 Å². The number of carbonyl (C=O) groups is 1. The molecule has 1 saturated carbocycles. The third-order valence-corrected chi connectivity index (χ3v) is 7.22. The van der Waals surface area contributed by atoms with Crippen LogP contribution in [-0.4, -0.2) is 50.7 Å². The highest BCUT2D eigenvalue weighted by molar-refractivity contribution is 5.77. The highest BCUT2D eigenvalue weighted by atomic mass is 16.4. The van der Waals surface area contributed by atoms with Crippen LogP contribution in [0.2, 0.25) is 0 Å². The molecule has 1 saturated heterocycles. The molecule has 1 aromatic carbocycles. The number of aliphatic carboxylic acids is 1. The molecular weight excluding hydrogens is 404 g/mol. The molecule has 4 rings (SSSR count). The lowest BCUT2D eigenvalue weighted by Gasteiger charge is -2.36. The lowest BCUT2D eigenvalue weighted by Crippen LogP contribution is -2.41. The molecule has 32 heavy (non-hydrogen) atoms. The van der Waals surface area contributed by atoms with Crippen molar-refractivity contribution in [2.24, 2.45) is 0 Å². The summed E-state index contributed by atoms with van der Waals surface area (Å²) in [6, 6.07) is 8.79. The van der Waals surface area contributed by atoms with Gasteiger partial charge in [-0.1, -0.05) is 44.2 Å². The van der Waals surface area contributed by atoms with Gasteiger partial charge in [0.1, 0.15) is 6.54 Å². The molecule has 2 aliphatic rings. The van der Waals surface area contributed by atoms with Gasteiger partial charge in [-0.15, -0.1) is 0 Å². The van der Waals surface area contributed by atoms with Gasteiger partial charge in [0.05, 0.1) is 11.0 Å². The van der Waals surface area contributed by atoms with Crippen molar-refractivity contribution in [3.05, 3.63) is 34.6 Å². The third-order valence-electron chi connectivity index (χ3n) is 7.22. The summed E-state index contributed by atoms with van der Waals surface area (Å²) < 4.78 is 1.82. The van der Waals surface area contributed by atoms with Crippen molar-refractivity contribution < 1.29 is 9.90 Å². The highest BCUT2D eigenvalue weighted by Crippen LogP contribution is 2.32. The van der Waals surface area contributed by atoms with Crippen LogP contribution in [0.3, 0.4) is 0 Å². The Balaban J connectivity index is 1.58. The monoisotopic (exact) mass is 440 g/mol. The number of fused-ring (bicyclic) bond motifs is 1. The number of anilines is 1. The summed E-state index contributed by atoms with van der Waals surface area (Å²) in [4.78, 5) is 31.5. The summed E-state index contributed by atoms with van der Waals surface area (Å²) in [5, 5.41) is 11.7. The van der Waals surface area contributed by atoms with Crippen LogP contribution in [0, 0.1) is 0 Å².